The molecule has 1 nitrogen and oxygen atoms in total. The van der Waals surface area contributed by atoms with Crippen molar-refractivity contribution < 1.29 is 0 Å². The molecule has 1 aromatic rings. The third kappa shape index (κ3) is 3.22. The summed E-state index contributed by atoms with van der Waals surface area (Å²) in [6, 6.07) is 6.57. The topological polar surface area (TPSA) is 12.0 Å². The van der Waals surface area contributed by atoms with E-state index >= 15 is 0 Å². The van der Waals surface area contributed by atoms with Gasteiger partial charge in [-0.1, -0.05) is 44.4 Å². The zero-order chi connectivity index (χ0) is 12.1. The van der Waals surface area contributed by atoms with E-state index in [1.807, 2.05) is 13.1 Å². The maximum atomic E-state index is 6.01. The fourth-order valence-corrected chi connectivity index (χ4v) is 2.65. The monoisotopic (exact) mass is 303 g/mol. The average molecular weight is 305 g/mol. The molecule has 0 aliphatic rings. The van der Waals surface area contributed by atoms with Gasteiger partial charge in [0.05, 0.1) is 5.02 Å². The zero-order valence-corrected chi connectivity index (χ0v) is 12.4. The molecule has 1 atom stereocenters. The molecule has 1 unspecified atom stereocenters. The molecule has 0 aliphatic heterocycles. The number of halogens is 2. The average Bonchev–Trinajstić information content (AvgIpc) is 2.29. The Hall–Kier alpha value is -0.0500. The molecule has 0 bridgehead atoms. The minimum absolute atomic E-state index is 0.406. The van der Waals surface area contributed by atoms with Crippen molar-refractivity contribution in [3.05, 3.63) is 33.3 Å². The van der Waals surface area contributed by atoms with E-state index in [0.29, 0.717) is 12.0 Å². The van der Waals surface area contributed by atoms with Crippen LogP contribution in [0.5, 0.6) is 0 Å². The van der Waals surface area contributed by atoms with Gasteiger partial charge in [0.2, 0.25) is 0 Å². The Balaban J connectivity index is 2.98. The Labute approximate surface area is 112 Å². The summed E-state index contributed by atoms with van der Waals surface area (Å²) in [5, 5.41) is 4.17. The molecule has 0 radical (unpaired) electrons. The second kappa shape index (κ2) is 6.63. The first-order chi connectivity index (χ1) is 7.63. The lowest BCUT2D eigenvalue weighted by Gasteiger charge is -2.25. The van der Waals surface area contributed by atoms with E-state index in [2.05, 4.69) is 47.2 Å². The fourth-order valence-electron chi connectivity index (χ4n) is 2.14. The van der Waals surface area contributed by atoms with Crippen LogP contribution in [0, 0.1) is 5.92 Å². The first-order valence-corrected chi connectivity index (χ1v) is 6.93. The Morgan fingerprint density at radius 1 is 1.31 bits per heavy atom. The smallest absolute Gasteiger partial charge is 0.0548 e. The van der Waals surface area contributed by atoms with Gasteiger partial charge in [0, 0.05) is 10.5 Å². The minimum Gasteiger partial charge on any atom is -0.313 e. The number of hydrogen-bond acceptors (Lipinski definition) is 1. The summed E-state index contributed by atoms with van der Waals surface area (Å²) in [6.07, 6.45) is 2.37. The second-order valence-corrected chi connectivity index (χ2v) is 5.28. The minimum atomic E-state index is 0.406. The summed E-state index contributed by atoms with van der Waals surface area (Å²) >= 11 is 9.49. The second-order valence-electron chi connectivity index (χ2n) is 4.02. The largest absolute Gasteiger partial charge is 0.313 e. The van der Waals surface area contributed by atoms with Crippen LogP contribution in [0.15, 0.2) is 22.7 Å². The maximum absolute atomic E-state index is 6.01. The molecule has 0 amide bonds. The molecule has 0 aromatic heterocycles. The van der Waals surface area contributed by atoms with Gasteiger partial charge < -0.3 is 5.32 Å². The summed E-state index contributed by atoms with van der Waals surface area (Å²) in [4.78, 5) is 0. The van der Waals surface area contributed by atoms with E-state index in [4.69, 9.17) is 11.6 Å². The van der Waals surface area contributed by atoms with Gasteiger partial charge in [-0.15, -0.1) is 0 Å². The van der Waals surface area contributed by atoms with Crippen molar-refractivity contribution in [1.29, 1.82) is 0 Å². The Bertz CT molecular complexity index is 337. The Morgan fingerprint density at radius 2 is 1.94 bits per heavy atom. The molecule has 0 aliphatic carbocycles. The van der Waals surface area contributed by atoms with Crippen LogP contribution >= 0.6 is 27.5 Å². The molecule has 0 heterocycles. The van der Waals surface area contributed by atoms with Crippen LogP contribution in [0.2, 0.25) is 5.02 Å². The lowest BCUT2D eigenvalue weighted by atomic mass is 9.89. The molecule has 0 spiro atoms. The first kappa shape index (κ1) is 14.0. The van der Waals surface area contributed by atoms with E-state index in [0.717, 1.165) is 9.50 Å². The third-order valence-corrected chi connectivity index (χ3v) is 4.35. The van der Waals surface area contributed by atoms with E-state index < -0.39 is 0 Å². The van der Waals surface area contributed by atoms with Crippen LogP contribution in [0.4, 0.5) is 0 Å². The number of benzene rings is 1. The molecule has 1 aromatic carbocycles. The van der Waals surface area contributed by atoms with Gasteiger partial charge in [0.15, 0.2) is 0 Å². The van der Waals surface area contributed by atoms with E-state index in [1.54, 1.807) is 0 Å². The van der Waals surface area contributed by atoms with E-state index in [-0.39, 0.29) is 0 Å². The highest BCUT2D eigenvalue weighted by Gasteiger charge is 2.18. The molecule has 1 N–H and O–H groups in total. The van der Waals surface area contributed by atoms with Crippen molar-refractivity contribution in [3.8, 4) is 0 Å². The molecule has 16 heavy (non-hydrogen) atoms. The van der Waals surface area contributed by atoms with Crippen LogP contribution in [-0.4, -0.2) is 7.05 Å². The van der Waals surface area contributed by atoms with Crippen LogP contribution < -0.4 is 5.32 Å². The summed E-state index contributed by atoms with van der Waals surface area (Å²) < 4.78 is 0.970. The number of hydrogen-bond donors (Lipinski definition) is 1. The van der Waals surface area contributed by atoms with Crippen molar-refractivity contribution in [2.75, 3.05) is 7.05 Å². The Morgan fingerprint density at radius 3 is 2.38 bits per heavy atom. The normalized spacial score (nSPS) is 13.1. The fraction of sp³-hybridized carbons (Fsp3) is 0.538. The summed E-state index contributed by atoms with van der Waals surface area (Å²) in [7, 11) is 2.02. The van der Waals surface area contributed by atoms with Gasteiger partial charge in [-0.2, -0.15) is 0 Å². The van der Waals surface area contributed by atoms with Crippen LogP contribution in [0.3, 0.4) is 0 Å². The van der Waals surface area contributed by atoms with Crippen molar-refractivity contribution in [1.82, 2.24) is 5.32 Å². The van der Waals surface area contributed by atoms with Gasteiger partial charge in [0.25, 0.3) is 0 Å². The predicted octanol–water partition coefficient (Wildman–Crippen LogP) is 4.80. The highest BCUT2D eigenvalue weighted by Crippen LogP contribution is 2.31. The lowest BCUT2D eigenvalue weighted by molar-refractivity contribution is 0.359. The number of nitrogens with one attached hydrogen (secondary N) is 1. The van der Waals surface area contributed by atoms with Crippen LogP contribution in [0.1, 0.15) is 38.3 Å². The summed E-state index contributed by atoms with van der Waals surface area (Å²) in [6.45, 7) is 4.48. The molecule has 3 heteroatoms. The third-order valence-electron chi connectivity index (χ3n) is 3.13. The number of rotatable bonds is 5. The summed E-state index contributed by atoms with van der Waals surface area (Å²) in [5.74, 6) is 0.665. The van der Waals surface area contributed by atoms with Crippen LogP contribution in [0.25, 0.3) is 0 Å². The maximum Gasteiger partial charge on any atom is 0.0548 e. The van der Waals surface area contributed by atoms with Gasteiger partial charge in [0.1, 0.15) is 0 Å². The Kier molecular flexibility index (Phi) is 5.81. The quantitative estimate of drug-likeness (QED) is 0.824. The standard InChI is InChI=1S/C13H19BrClN/c1-4-9(5-2)13(16-3)10-6-7-12(15)11(14)8-10/h6-9,13,16H,4-5H2,1-3H3. The summed E-state index contributed by atoms with van der Waals surface area (Å²) in [5.41, 5.74) is 1.30. The molecular formula is C13H19BrClN. The predicted molar refractivity (Wildman–Crippen MR) is 75.0 cm³/mol. The van der Waals surface area contributed by atoms with Crippen molar-refractivity contribution in [2.45, 2.75) is 32.7 Å². The highest BCUT2D eigenvalue weighted by molar-refractivity contribution is 9.10. The molecule has 90 valence electrons. The van der Waals surface area contributed by atoms with Gasteiger partial charge in [-0.05, 0) is 46.6 Å². The lowest BCUT2D eigenvalue weighted by Crippen LogP contribution is -2.24. The van der Waals surface area contributed by atoms with Crippen molar-refractivity contribution in [2.24, 2.45) is 5.92 Å². The molecule has 1 rings (SSSR count). The molecule has 0 fully saturated rings. The van der Waals surface area contributed by atoms with Gasteiger partial charge >= 0.3 is 0 Å². The van der Waals surface area contributed by atoms with E-state index in [9.17, 15) is 0 Å². The van der Waals surface area contributed by atoms with Gasteiger partial charge in [-0.25, -0.2) is 0 Å². The van der Waals surface area contributed by atoms with E-state index in [1.165, 1.54) is 18.4 Å². The highest BCUT2D eigenvalue weighted by atomic mass is 79.9. The first-order valence-electron chi connectivity index (χ1n) is 5.76. The zero-order valence-electron chi connectivity index (χ0n) is 10.1. The molecule has 0 saturated carbocycles. The van der Waals surface area contributed by atoms with Crippen molar-refractivity contribution >= 4 is 27.5 Å². The van der Waals surface area contributed by atoms with Crippen LogP contribution in [-0.2, 0) is 0 Å². The van der Waals surface area contributed by atoms with Gasteiger partial charge in [-0.3, -0.25) is 0 Å². The molecular weight excluding hydrogens is 286 g/mol. The molecule has 0 saturated heterocycles. The van der Waals surface area contributed by atoms with Crippen molar-refractivity contribution in [3.63, 3.8) is 0 Å². The SMILES string of the molecule is CCC(CC)C(NC)c1ccc(Cl)c(Br)c1.